The van der Waals surface area contributed by atoms with Crippen LogP contribution >= 0.6 is 12.0 Å². The first-order valence-electron chi connectivity index (χ1n) is 9.13. The van der Waals surface area contributed by atoms with E-state index in [1.807, 2.05) is 13.8 Å². The Morgan fingerprint density at radius 3 is 2.20 bits per heavy atom. The highest BCUT2D eigenvalue weighted by molar-refractivity contribution is 7.93. The van der Waals surface area contributed by atoms with E-state index in [0.717, 1.165) is 62.7 Å². The highest BCUT2D eigenvalue weighted by Crippen LogP contribution is 2.33. The fourth-order valence-electron chi connectivity index (χ4n) is 3.34. The summed E-state index contributed by atoms with van der Waals surface area (Å²) < 4.78 is 46.8. The molecule has 1 aromatic rings. The predicted molar refractivity (Wildman–Crippen MR) is 100 cm³/mol. The van der Waals surface area contributed by atoms with Gasteiger partial charge < -0.3 is 9.87 Å². The van der Waals surface area contributed by atoms with E-state index in [0.29, 0.717) is 5.75 Å². The summed E-state index contributed by atoms with van der Waals surface area (Å²) in [6.45, 7) is 4.83. The summed E-state index contributed by atoms with van der Waals surface area (Å²) >= 11 is 0.848. The van der Waals surface area contributed by atoms with Crippen LogP contribution in [-0.2, 0) is 12.6 Å². The van der Waals surface area contributed by atoms with E-state index in [9.17, 15) is 13.2 Å². The molecule has 0 aromatic heterocycles. The molecular formula is C19H30F3NOS. The van der Waals surface area contributed by atoms with Gasteiger partial charge in [-0.05, 0) is 62.0 Å². The fourth-order valence-corrected chi connectivity index (χ4v) is 3.61. The van der Waals surface area contributed by atoms with Crippen LogP contribution in [-0.4, -0.2) is 22.4 Å². The summed E-state index contributed by atoms with van der Waals surface area (Å²) in [4.78, 5) is 0. The van der Waals surface area contributed by atoms with Gasteiger partial charge in [-0.15, -0.1) is 0 Å². The lowest BCUT2D eigenvalue weighted by Crippen LogP contribution is -2.49. The Bertz CT molecular complexity index is 471. The van der Waals surface area contributed by atoms with E-state index < -0.39 is 11.7 Å². The number of nitrogens with one attached hydrogen (secondary N) is 1. The summed E-state index contributed by atoms with van der Waals surface area (Å²) in [7, 11) is 0. The molecule has 0 radical (unpaired) electrons. The van der Waals surface area contributed by atoms with Gasteiger partial charge in [0.05, 0.1) is 5.56 Å². The van der Waals surface area contributed by atoms with Crippen LogP contribution in [0.15, 0.2) is 24.3 Å². The number of halogens is 3. The number of benzene rings is 1. The van der Waals surface area contributed by atoms with Crippen molar-refractivity contribution in [3.05, 3.63) is 35.4 Å². The van der Waals surface area contributed by atoms with Crippen molar-refractivity contribution in [2.75, 3.05) is 12.3 Å². The molecule has 2 N–H and O–H groups in total. The fraction of sp³-hybridized carbons (Fsp3) is 0.684. The molecule has 0 spiro atoms. The SMILES string of the molecule is CC.OSCCCNC1(Cc2ccc(C(F)(F)F)cc2)CCCCC1. The van der Waals surface area contributed by atoms with E-state index >= 15 is 0 Å². The molecule has 1 aliphatic rings. The van der Waals surface area contributed by atoms with Gasteiger partial charge in [-0.3, -0.25) is 0 Å². The minimum absolute atomic E-state index is 0.0158. The topological polar surface area (TPSA) is 32.3 Å². The molecule has 1 aliphatic carbocycles. The molecule has 0 atom stereocenters. The van der Waals surface area contributed by atoms with Gasteiger partial charge in [-0.2, -0.15) is 13.2 Å². The average molecular weight is 378 g/mol. The van der Waals surface area contributed by atoms with Crippen molar-refractivity contribution in [2.24, 2.45) is 0 Å². The lowest BCUT2D eigenvalue weighted by Gasteiger charge is -2.39. The molecule has 0 aliphatic heterocycles. The van der Waals surface area contributed by atoms with Crippen molar-refractivity contribution in [3.8, 4) is 0 Å². The minimum Gasteiger partial charge on any atom is -0.330 e. The quantitative estimate of drug-likeness (QED) is 0.441. The van der Waals surface area contributed by atoms with Crippen LogP contribution in [0.4, 0.5) is 13.2 Å². The molecule has 25 heavy (non-hydrogen) atoms. The van der Waals surface area contributed by atoms with E-state index in [1.165, 1.54) is 18.6 Å². The molecule has 1 fully saturated rings. The van der Waals surface area contributed by atoms with Gasteiger partial charge in [0.15, 0.2) is 0 Å². The largest absolute Gasteiger partial charge is 0.416 e. The van der Waals surface area contributed by atoms with E-state index in [2.05, 4.69) is 5.32 Å². The molecule has 0 saturated heterocycles. The molecule has 6 heteroatoms. The van der Waals surface area contributed by atoms with Crippen LogP contribution in [0.5, 0.6) is 0 Å². The molecule has 0 amide bonds. The van der Waals surface area contributed by atoms with E-state index in [4.69, 9.17) is 4.55 Å². The molecule has 144 valence electrons. The maximum Gasteiger partial charge on any atom is 0.416 e. The number of hydrogen-bond donors (Lipinski definition) is 2. The van der Waals surface area contributed by atoms with Crippen molar-refractivity contribution < 1.29 is 17.7 Å². The molecule has 0 unspecified atom stereocenters. The summed E-state index contributed by atoms with van der Waals surface area (Å²) in [5.41, 5.74) is 0.341. The molecule has 1 aromatic carbocycles. The number of rotatable bonds is 7. The summed E-state index contributed by atoms with van der Waals surface area (Å²) in [6, 6.07) is 5.55. The van der Waals surface area contributed by atoms with Crippen molar-refractivity contribution >= 4 is 12.0 Å². The van der Waals surface area contributed by atoms with Gasteiger partial charge in [0.1, 0.15) is 0 Å². The van der Waals surface area contributed by atoms with Gasteiger partial charge in [0.25, 0.3) is 0 Å². The van der Waals surface area contributed by atoms with Crippen LogP contribution in [0.25, 0.3) is 0 Å². The van der Waals surface area contributed by atoms with Crippen LogP contribution in [0.2, 0.25) is 0 Å². The third kappa shape index (κ3) is 7.59. The number of alkyl halides is 3. The standard InChI is InChI=1S/C17H24F3NOS.C2H6/c18-17(19,20)15-7-5-14(6-8-15)13-16(9-2-1-3-10-16)21-11-4-12-23-22;1-2/h5-8,21-22H,1-4,9-13H2;1-2H3. The molecular weight excluding hydrogens is 347 g/mol. The lowest BCUT2D eigenvalue weighted by atomic mass is 9.77. The van der Waals surface area contributed by atoms with Gasteiger partial charge in [0.2, 0.25) is 0 Å². The Labute approximate surface area is 153 Å². The van der Waals surface area contributed by atoms with Crippen LogP contribution in [0.1, 0.15) is 63.5 Å². The molecule has 2 nitrogen and oxygen atoms in total. The van der Waals surface area contributed by atoms with Crippen LogP contribution in [0, 0.1) is 0 Å². The summed E-state index contributed by atoms with van der Waals surface area (Å²) in [5, 5.41) is 3.62. The second kappa shape index (κ2) is 11.1. The maximum atomic E-state index is 12.7. The Hall–Kier alpha value is -0.720. The Morgan fingerprint density at radius 1 is 1.08 bits per heavy atom. The minimum atomic E-state index is -4.28. The van der Waals surface area contributed by atoms with Crippen molar-refractivity contribution in [1.29, 1.82) is 0 Å². The lowest BCUT2D eigenvalue weighted by molar-refractivity contribution is -0.137. The monoisotopic (exact) mass is 377 g/mol. The van der Waals surface area contributed by atoms with Crippen LogP contribution < -0.4 is 5.32 Å². The van der Waals surface area contributed by atoms with Gasteiger partial charge >= 0.3 is 6.18 Å². The normalized spacial score (nSPS) is 16.9. The highest BCUT2D eigenvalue weighted by Gasteiger charge is 2.33. The highest BCUT2D eigenvalue weighted by atomic mass is 32.2. The molecule has 1 saturated carbocycles. The number of hydrogen-bond acceptors (Lipinski definition) is 3. The first-order valence-corrected chi connectivity index (χ1v) is 10.1. The Kier molecular flexibility index (Phi) is 9.90. The third-order valence-electron chi connectivity index (χ3n) is 4.55. The second-order valence-electron chi connectivity index (χ2n) is 6.33. The summed E-state index contributed by atoms with van der Waals surface area (Å²) in [5.74, 6) is 0.698. The van der Waals surface area contributed by atoms with Crippen molar-refractivity contribution in [1.82, 2.24) is 5.32 Å². The van der Waals surface area contributed by atoms with Gasteiger partial charge in [-0.1, -0.05) is 45.2 Å². The zero-order chi connectivity index (χ0) is 18.8. The first-order chi connectivity index (χ1) is 12.0. The molecule has 0 heterocycles. The summed E-state index contributed by atoms with van der Waals surface area (Å²) in [6.07, 6.45) is 3.02. The Morgan fingerprint density at radius 2 is 1.68 bits per heavy atom. The van der Waals surface area contributed by atoms with Crippen LogP contribution in [0.3, 0.4) is 0 Å². The predicted octanol–water partition coefficient (Wildman–Crippen LogP) is 6.16. The van der Waals surface area contributed by atoms with Crippen molar-refractivity contribution in [3.63, 3.8) is 0 Å². The van der Waals surface area contributed by atoms with E-state index in [-0.39, 0.29) is 5.54 Å². The molecule has 2 rings (SSSR count). The Balaban J connectivity index is 0.00000151. The van der Waals surface area contributed by atoms with Gasteiger partial charge in [0, 0.05) is 11.3 Å². The maximum absolute atomic E-state index is 12.7. The second-order valence-corrected chi connectivity index (χ2v) is 6.99. The smallest absolute Gasteiger partial charge is 0.330 e. The van der Waals surface area contributed by atoms with E-state index in [1.54, 1.807) is 12.1 Å². The zero-order valence-corrected chi connectivity index (χ0v) is 16.0. The van der Waals surface area contributed by atoms with Crippen molar-refractivity contribution in [2.45, 2.75) is 70.5 Å². The van der Waals surface area contributed by atoms with Gasteiger partial charge in [-0.25, -0.2) is 0 Å². The first kappa shape index (κ1) is 22.3. The third-order valence-corrected chi connectivity index (χ3v) is 5.02. The zero-order valence-electron chi connectivity index (χ0n) is 15.2. The molecule has 0 bridgehead atoms. The average Bonchev–Trinajstić information content (AvgIpc) is 2.61.